The molecule has 0 radical (unpaired) electrons. The highest BCUT2D eigenvalue weighted by Crippen LogP contribution is 2.24. The van der Waals surface area contributed by atoms with Gasteiger partial charge in [-0.3, -0.25) is 9.59 Å². The van der Waals surface area contributed by atoms with Gasteiger partial charge in [0, 0.05) is 20.1 Å². The van der Waals surface area contributed by atoms with E-state index in [1.807, 2.05) is 30.3 Å². The average Bonchev–Trinajstić information content (AvgIpc) is 2.89. The Morgan fingerprint density at radius 2 is 1.56 bits per heavy atom. The molecule has 1 atom stereocenters. The molecule has 3 aromatic carbocycles. The van der Waals surface area contributed by atoms with Gasteiger partial charge in [0.05, 0.1) is 11.6 Å². The summed E-state index contributed by atoms with van der Waals surface area (Å²) in [5.74, 6) is -2.20. The van der Waals surface area contributed by atoms with E-state index in [1.54, 1.807) is 36.2 Å². The number of para-hydroxylation sites is 1. The molecule has 0 saturated heterocycles. The van der Waals surface area contributed by atoms with E-state index in [0.717, 1.165) is 30.5 Å². The van der Waals surface area contributed by atoms with Crippen LogP contribution in [0.3, 0.4) is 0 Å². The molecule has 1 aliphatic heterocycles. The van der Waals surface area contributed by atoms with Crippen LogP contribution in [0, 0.1) is 11.6 Å². The lowest BCUT2D eigenvalue weighted by atomic mass is 10.0. The first kappa shape index (κ1) is 25.4. The molecule has 4 rings (SSSR count). The third-order valence-electron chi connectivity index (χ3n) is 6.48. The van der Waals surface area contributed by atoms with Crippen LogP contribution in [-0.4, -0.2) is 54.4 Å². The van der Waals surface area contributed by atoms with Crippen molar-refractivity contribution in [2.75, 3.05) is 26.7 Å². The zero-order valence-electron chi connectivity index (χ0n) is 20.3. The lowest BCUT2D eigenvalue weighted by molar-refractivity contribution is 0.0596. The molecule has 0 aromatic heterocycles. The Morgan fingerprint density at radius 1 is 0.889 bits per heavy atom. The topological polar surface area (TPSA) is 49.9 Å². The molecule has 2 amide bonds. The molecule has 0 bridgehead atoms. The number of hydrogen-bond donors (Lipinski definition) is 0. The molecule has 5 nitrogen and oxygen atoms in total. The average molecular weight is 493 g/mol. The number of halogens is 2. The first-order valence-corrected chi connectivity index (χ1v) is 12.2. The van der Waals surface area contributed by atoms with E-state index in [4.69, 9.17) is 4.74 Å². The van der Waals surface area contributed by atoms with Crippen molar-refractivity contribution in [1.82, 2.24) is 9.80 Å². The highest BCUT2D eigenvalue weighted by molar-refractivity contribution is 5.97. The molecule has 0 N–H and O–H groups in total. The summed E-state index contributed by atoms with van der Waals surface area (Å²) in [6.07, 6.45) is 2.55. The summed E-state index contributed by atoms with van der Waals surface area (Å²) in [4.78, 5) is 29.8. The van der Waals surface area contributed by atoms with Gasteiger partial charge in [-0.25, -0.2) is 8.78 Å². The van der Waals surface area contributed by atoms with Gasteiger partial charge in [-0.15, -0.1) is 0 Å². The van der Waals surface area contributed by atoms with Crippen molar-refractivity contribution in [2.24, 2.45) is 0 Å². The monoisotopic (exact) mass is 492 g/mol. The van der Waals surface area contributed by atoms with E-state index in [0.29, 0.717) is 37.2 Å². The van der Waals surface area contributed by atoms with Crippen molar-refractivity contribution in [3.05, 3.63) is 101 Å². The molecule has 1 aliphatic rings. The van der Waals surface area contributed by atoms with Crippen LogP contribution in [0.25, 0.3) is 0 Å². The third kappa shape index (κ3) is 5.90. The van der Waals surface area contributed by atoms with Gasteiger partial charge < -0.3 is 14.5 Å². The highest BCUT2D eigenvalue weighted by Gasteiger charge is 2.30. The first-order valence-electron chi connectivity index (χ1n) is 12.2. The number of carbonyl (C=O) groups is 2. The van der Waals surface area contributed by atoms with Gasteiger partial charge in [-0.05, 0) is 55.5 Å². The third-order valence-corrected chi connectivity index (χ3v) is 6.48. The van der Waals surface area contributed by atoms with Gasteiger partial charge in [0.25, 0.3) is 11.8 Å². The molecule has 7 heteroatoms. The Balaban J connectivity index is 1.73. The summed E-state index contributed by atoms with van der Waals surface area (Å²) in [6.45, 7) is 0.925. The molecule has 3 aromatic rings. The zero-order valence-corrected chi connectivity index (χ0v) is 20.3. The number of ether oxygens (including phenoxy) is 1. The molecular formula is C29H30F2N2O3. The molecule has 0 aliphatic carbocycles. The Kier molecular flexibility index (Phi) is 8.31. The van der Waals surface area contributed by atoms with E-state index in [1.165, 1.54) is 11.0 Å². The van der Waals surface area contributed by atoms with Crippen molar-refractivity contribution in [3.63, 3.8) is 0 Å². The number of hydrogen-bond acceptors (Lipinski definition) is 3. The van der Waals surface area contributed by atoms with Crippen molar-refractivity contribution in [1.29, 1.82) is 0 Å². The summed E-state index contributed by atoms with van der Waals surface area (Å²) < 4.78 is 35.4. The largest absolute Gasteiger partial charge is 0.491 e. The maximum atomic E-state index is 14.6. The van der Waals surface area contributed by atoms with Gasteiger partial charge in [-0.1, -0.05) is 48.5 Å². The molecule has 188 valence electrons. The van der Waals surface area contributed by atoms with E-state index in [-0.39, 0.29) is 12.5 Å². The molecule has 0 unspecified atom stereocenters. The van der Waals surface area contributed by atoms with Gasteiger partial charge in [0.15, 0.2) is 0 Å². The van der Waals surface area contributed by atoms with Gasteiger partial charge in [0.1, 0.15) is 29.6 Å². The Morgan fingerprint density at radius 3 is 2.31 bits per heavy atom. The fraction of sp³-hybridized carbons (Fsp3) is 0.310. The van der Waals surface area contributed by atoms with Crippen molar-refractivity contribution < 1.29 is 23.1 Å². The second-order valence-electron chi connectivity index (χ2n) is 9.03. The number of fused-ring (bicyclic) bond motifs is 1. The van der Waals surface area contributed by atoms with Crippen LogP contribution in [0.4, 0.5) is 8.78 Å². The molecule has 0 saturated carbocycles. The predicted molar refractivity (Wildman–Crippen MR) is 134 cm³/mol. The fourth-order valence-electron chi connectivity index (χ4n) is 4.51. The minimum absolute atomic E-state index is 0.0602. The van der Waals surface area contributed by atoms with Crippen molar-refractivity contribution >= 4 is 11.8 Å². The van der Waals surface area contributed by atoms with Crippen LogP contribution in [0.15, 0.2) is 72.8 Å². The maximum absolute atomic E-state index is 14.6. The summed E-state index contributed by atoms with van der Waals surface area (Å²) in [5, 5.41) is 0. The summed E-state index contributed by atoms with van der Waals surface area (Å²) in [7, 11) is 1.76. The second kappa shape index (κ2) is 11.8. The fourth-order valence-corrected chi connectivity index (χ4v) is 4.51. The zero-order chi connectivity index (χ0) is 25.5. The normalized spacial score (nSPS) is 17.3. The van der Waals surface area contributed by atoms with E-state index in [9.17, 15) is 18.4 Å². The minimum Gasteiger partial charge on any atom is -0.491 e. The SMILES string of the molecule is CN1CCCCCN(C(=O)c2c(F)cccc2F)[C@H](Cc2ccccc2)COc2ccccc2C1=O. The maximum Gasteiger partial charge on any atom is 0.260 e. The molecule has 1 heterocycles. The van der Waals surface area contributed by atoms with Crippen LogP contribution in [0.1, 0.15) is 45.5 Å². The van der Waals surface area contributed by atoms with Crippen LogP contribution in [0.5, 0.6) is 5.75 Å². The molecule has 0 fully saturated rings. The molecular weight excluding hydrogens is 462 g/mol. The second-order valence-corrected chi connectivity index (χ2v) is 9.03. The standard InChI is InChI=1S/C29H30F2N2O3/c1-32-17-8-3-9-18-33(29(35)27-24(30)14-10-15-25(27)31)22(19-21-11-4-2-5-12-21)20-36-26-16-7-6-13-23(26)28(32)34/h2,4-7,10-16,22H,3,8-9,17-20H2,1H3/t22-/m1/s1. The van der Waals surface area contributed by atoms with Gasteiger partial charge in [-0.2, -0.15) is 0 Å². The quantitative estimate of drug-likeness (QED) is 0.495. The summed E-state index contributed by atoms with van der Waals surface area (Å²) >= 11 is 0. The smallest absolute Gasteiger partial charge is 0.260 e. The Labute approximate surface area is 210 Å². The van der Waals surface area contributed by atoms with E-state index >= 15 is 0 Å². The van der Waals surface area contributed by atoms with Gasteiger partial charge in [0.2, 0.25) is 0 Å². The van der Waals surface area contributed by atoms with Crippen LogP contribution in [-0.2, 0) is 6.42 Å². The summed E-state index contributed by atoms with van der Waals surface area (Å²) in [6, 6.07) is 19.5. The number of rotatable bonds is 3. The van der Waals surface area contributed by atoms with Crippen molar-refractivity contribution in [2.45, 2.75) is 31.7 Å². The minimum atomic E-state index is -0.889. The van der Waals surface area contributed by atoms with Crippen LogP contribution < -0.4 is 4.74 Å². The van der Waals surface area contributed by atoms with Crippen LogP contribution >= 0.6 is 0 Å². The number of benzene rings is 3. The lowest BCUT2D eigenvalue weighted by Crippen LogP contribution is -2.46. The Bertz CT molecular complexity index is 1180. The predicted octanol–water partition coefficient (Wildman–Crippen LogP) is 5.35. The first-order chi connectivity index (χ1) is 17.5. The molecule has 0 spiro atoms. The number of carbonyl (C=O) groups excluding carboxylic acids is 2. The summed E-state index contributed by atoms with van der Waals surface area (Å²) in [5.41, 5.74) is 0.845. The highest BCUT2D eigenvalue weighted by atomic mass is 19.1. The van der Waals surface area contributed by atoms with Gasteiger partial charge >= 0.3 is 0 Å². The van der Waals surface area contributed by atoms with E-state index < -0.39 is 29.1 Å². The molecule has 36 heavy (non-hydrogen) atoms. The number of amides is 2. The number of nitrogens with zero attached hydrogens (tertiary/aromatic N) is 2. The van der Waals surface area contributed by atoms with E-state index in [2.05, 4.69) is 0 Å². The Hall–Kier alpha value is -3.74. The van der Waals surface area contributed by atoms with Crippen molar-refractivity contribution in [3.8, 4) is 5.75 Å². The van der Waals surface area contributed by atoms with Crippen LogP contribution in [0.2, 0.25) is 0 Å². The lowest BCUT2D eigenvalue weighted by Gasteiger charge is -2.32.